The van der Waals surface area contributed by atoms with Crippen LogP contribution in [0.2, 0.25) is 0 Å². The summed E-state index contributed by atoms with van der Waals surface area (Å²) < 4.78 is 7.17. The van der Waals surface area contributed by atoms with Gasteiger partial charge < -0.3 is 14.4 Å². The van der Waals surface area contributed by atoms with Crippen LogP contribution in [0.15, 0.2) is 53.5 Å². The van der Waals surface area contributed by atoms with Gasteiger partial charge in [-0.2, -0.15) is 0 Å². The minimum absolute atomic E-state index is 0.218. The van der Waals surface area contributed by atoms with Gasteiger partial charge in [-0.15, -0.1) is 0 Å². The Morgan fingerprint density at radius 3 is 2.59 bits per heavy atom. The molecule has 0 bridgehead atoms. The maximum absolute atomic E-state index is 10.3. The van der Waals surface area contributed by atoms with Gasteiger partial charge in [-0.05, 0) is 37.3 Å². The number of hydrogen-bond donors (Lipinski definition) is 1. The maximum atomic E-state index is 10.3. The molecular weight excluding hydrogens is 276 g/mol. The molecule has 112 valence electrons. The Kier molecular flexibility index (Phi) is 3.83. The first-order chi connectivity index (χ1) is 10.7. The smallest absolute Gasteiger partial charge is 0.200 e. The summed E-state index contributed by atoms with van der Waals surface area (Å²) >= 11 is 0. The Hall–Kier alpha value is -2.75. The Balaban J connectivity index is 1.94. The molecule has 22 heavy (non-hydrogen) atoms. The summed E-state index contributed by atoms with van der Waals surface area (Å²) in [6.45, 7) is 2.60. The molecule has 3 rings (SSSR count). The third kappa shape index (κ3) is 2.55. The van der Waals surface area contributed by atoms with Crippen LogP contribution in [0.1, 0.15) is 12.5 Å². The van der Waals surface area contributed by atoms with Gasteiger partial charge in [-0.3, -0.25) is 4.99 Å². The SMILES string of the molecule is CCOc1ccc(N=Cc2c(O)n(C)c3ccccc23)cc1. The van der Waals surface area contributed by atoms with Crippen molar-refractivity contribution < 1.29 is 9.84 Å². The van der Waals surface area contributed by atoms with Gasteiger partial charge in [0.2, 0.25) is 5.88 Å². The topological polar surface area (TPSA) is 46.8 Å². The summed E-state index contributed by atoms with van der Waals surface area (Å²) in [6.07, 6.45) is 1.70. The fraction of sp³-hybridized carbons (Fsp3) is 0.167. The number of aryl methyl sites for hydroxylation is 1. The lowest BCUT2D eigenvalue weighted by molar-refractivity contribution is 0.340. The van der Waals surface area contributed by atoms with Crippen LogP contribution in [0.3, 0.4) is 0 Å². The molecule has 0 fully saturated rings. The van der Waals surface area contributed by atoms with Gasteiger partial charge in [0.25, 0.3) is 0 Å². The van der Waals surface area contributed by atoms with Gasteiger partial charge in [0.15, 0.2) is 0 Å². The van der Waals surface area contributed by atoms with Crippen LogP contribution in [0.25, 0.3) is 10.9 Å². The van der Waals surface area contributed by atoms with Crippen molar-refractivity contribution >= 4 is 22.8 Å². The van der Waals surface area contributed by atoms with Crippen molar-refractivity contribution in [1.29, 1.82) is 0 Å². The number of hydrogen-bond acceptors (Lipinski definition) is 3. The molecule has 0 spiro atoms. The van der Waals surface area contributed by atoms with E-state index in [2.05, 4.69) is 4.99 Å². The lowest BCUT2D eigenvalue weighted by Crippen LogP contribution is -1.89. The van der Waals surface area contributed by atoms with Crippen LogP contribution in [0.5, 0.6) is 11.6 Å². The van der Waals surface area contributed by atoms with Crippen LogP contribution in [-0.2, 0) is 7.05 Å². The van der Waals surface area contributed by atoms with Crippen molar-refractivity contribution in [2.75, 3.05) is 6.61 Å². The average Bonchev–Trinajstić information content (AvgIpc) is 2.79. The molecule has 0 radical (unpaired) electrons. The molecular formula is C18H18N2O2. The van der Waals surface area contributed by atoms with E-state index in [-0.39, 0.29) is 5.88 Å². The second-order valence-corrected chi connectivity index (χ2v) is 5.00. The zero-order valence-corrected chi connectivity index (χ0v) is 12.7. The molecule has 1 heterocycles. The quantitative estimate of drug-likeness (QED) is 0.738. The zero-order valence-electron chi connectivity index (χ0n) is 12.7. The highest BCUT2D eigenvalue weighted by Crippen LogP contribution is 2.29. The number of aliphatic imine (C=N–C) groups is 1. The largest absolute Gasteiger partial charge is 0.494 e. The van der Waals surface area contributed by atoms with Crippen LogP contribution in [0.4, 0.5) is 5.69 Å². The van der Waals surface area contributed by atoms with Crippen LogP contribution >= 0.6 is 0 Å². The van der Waals surface area contributed by atoms with Gasteiger partial charge in [0, 0.05) is 18.6 Å². The number of rotatable bonds is 4. The minimum atomic E-state index is 0.218. The first-order valence-corrected chi connectivity index (χ1v) is 7.24. The molecule has 0 aliphatic carbocycles. The number of fused-ring (bicyclic) bond motifs is 1. The van der Waals surface area contributed by atoms with E-state index >= 15 is 0 Å². The van der Waals surface area contributed by atoms with Crippen molar-refractivity contribution in [3.05, 3.63) is 54.1 Å². The lowest BCUT2D eigenvalue weighted by atomic mass is 10.2. The van der Waals surface area contributed by atoms with Gasteiger partial charge >= 0.3 is 0 Å². The van der Waals surface area contributed by atoms with Crippen LogP contribution < -0.4 is 4.74 Å². The molecule has 1 aromatic heterocycles. The highest BCUT2D eigenvalue weighted by Gasteiger charge is 2.11. The molecule has 0 saturated carbocycles. The second kappa shape index (κ2) is 5.93. The molecule has 3 aromatic rings. The highest BCUT2D eigenvalue weighted by molar-refractivity contribution is 6.03. The Bertz CT molecular complexity index is 817. The van der Waals surface area contributed by atoms with E-state index in [0.717, 1.165) is 27.9 Å². The van der Waals surface area contributed by atoms with Crippen LogP contribution in [0, 0.1) is 0 Å². The molecule has 4 nitrogen and oxygen atoms in total. The number of aromatic hydroxyl groups is 1. The van der Waals surface area contributed by atoms with Gasteiger partial charge in [0.1, 0.15) is 5.75 Å². The van der Waals surface area contributed by atoms with Crippen molar-refractivity contribution in [3.8, 4) is 11.6 Å². The van der Waals surface area contributed by atoms with Crippen molar-refractivity contribution in [2.24, 2.45) is 12.0 Å². The highest BCUT2D eigenvalue weighted by atomic mass is 16.5. The summed E-state index contributed by atoms with van der Waals surface area (Å²) in [6, 6.07) is 15.4. The number of nitrogens with zero attached hydrogens (tertiary/aromatic N) is 2. The van der Waals surface area contributed by atoms with Gasteiger partial charge in [-0.1, -0.05) is 18.2 Å². The Morgan fingerprint density at radius 1 is 1.14 bits per heavy atom. The van der Waals surface area contributed by atoms with Gasteiger partial charge in [0.05, 0.1) is 23.4 Å². The molecule has 4 heteroatoms. The third-order valence-corrected chi connectivity index (χ3v) is 3.60. The van der Waals surface area contributed by atoms with Gasteiger partial charge in [-0.25, -0.2) is 0 Å². The molecule has 0 atom stereocenters. The van der Waals surface area contributed by atoms with E-state index in [9.17, 15) is 5.11 Å². The first kappa shape index (κ1) is 14.2. The molecule has 0 saturated heterocycles. The summed E-state index contributed by atoms with van der Waals surface area (Å²) in [5.41, 5.74) is 2.52. The summed E-state index contributed by atoms with van der Waals surface area (Å²) in [5.74, 6) is 1.05. The zero-order chi connectivity index (χ0) is 15.5. The number of ether oxygens (including phenoxy) is 1. The normalized spacial score (nSPS) is 11.4. The Labute approximate surface area is 129 Å². The van der Waals surface area contributed by atoms with Crippen molar-refractivity contribution in [3.63, 3.8) is 0 Å². The summed E-state index contributed by atoms with van der Waals surface area (Å²) in [5, 5.41) is 11.2. The predicted octanol–water partition coefficient (Wildman–Crippen LogP) is 4.03. The van der Waals surface area contributed by atoms with E-state index < -0.39 is 0 Å². The third-order valence-electron chi connectivity index (χ3n) is 3.60. The monoisotopic (exact) mass is 294 g/mol. The molecule has 1 N–H and O–H groups in total. The molecule has 0 unspecified atom stereocenters. The fourth-order valence-electron chi connectivity index (χ4n) is 2.47. The van der Waals surface area contributed by atoms with E-state index in [1.807, 2.05) is 62.5 Å². The van der Waals surface area contributed by atoms with E-state index in [0.29, 0.717) is 6.61 Å². The summed E-state index contributed by atoms with van der Waals surface area (Å²) in [4.78, 5) is 4.45. The average molecular weight is 294 g/mol. The second-order valence-electron chi connectivity index (χ2n) is 5.00. The fourth-order valence-corrected chi connectivity index (χ4v) is 2.47. The standard InChI is InChI=1S/C18H18N2O2/c1-3-22-14-10-8-13(9-11-14)19-12-16-15-6-4-5-7-17(15)20(2)18(16)21/h4-12,21H,3H2,1-2H3. The van der Waals surface area contributed by atoms with E-state index in [1.54, 1.807) is 10.8 Å². The lowest BCUT2D eigenvalue weighted by Gasteiger charge is -2.02. The first-order valence-electron chi connectivity index (χ1n) is 7.24. The molecule has 0 aliphatic rings. The number of aromatic nitrogens is 1. The maximum Gasteiger partial charge on any atom is 0.200 e. The number of benzene rings is 2. The van der Waals surface area contributed by atoms with E-state index in [1.165, 1.54) is 0 Å². The van der Waals surface area contributed by atoms with E-state index in [4.69, 9.17) is 4.74 Å². The number of para-hydroxylation sites is 1. The van der Waals surface area contributed by atoms with Crippen molar-refractivity contribution in [1.82, 2.24) is 4.57 Å². The molecule has 0 amide bonds. The molecule has 2 aromatic carbocycles. The summed E-state index contributed by atoms with van der Waals surface area (Å²) in [7, 11) is 1.84. The predicted molar refractivity (Wildman–Crippen MR) is 89.4 cm³/mol. The molecule has 0 aliphatic heterocycles. The Morgan fingerprint density at radius 2 is 1.86 bits per heavy atom. The minimum Gasteiger partial charge on any atom is -0.494 e. The van der Waals surface area contributed by atoms with Crippen LogP contribution in [-0.4, -0.2) is 22.5 Å². The van der Waals surface area contributed by atoms with Crippen molar-refractivity contribution in [2.45, 2.75) is 6.92 Å².